The molecule has 0 unspecified atom stereocenters. The third kappa shape index (κ3) is 2.11. The highest BCUT2D eigenvalue weighted by Gasteiger charge is 2.21. The molecular formula is C12H13BrN2O. The number of nitrogens with zero attached hydrogens (tertiary/aromatic N) is 1. The van der Waals surface area contributed by atoms with Gasteiger partial charge < -0.3 is 10.2 Å². The first-order chi connectivity index (χ1) is 7.58. The lowest BCUT2D eigenvalue weighted by Crippen LogP contribution is -2.30. The summed E-state index contributed by atoms with van der Waals surface area (Å²) < 4.78 is 0.991. The lowest BCUT2D eigenvalue weighted by Gasteiger charge is -2.21. The highest BCUT2D eigenvalue weighted by molar-refractivity contribution is 9.10. The second kappa shape index (κ2) is 4.29. The lowest BCUT2D eigenvalue weighted by molar-refractivity contribution is -0.116. The molecular weight excluding hydrogens is 268 g/mol. The van der Waals surface area contributed by atoms with Gasteiger partial charge in [0.25, 0.3) is 5.91 Å². The Hall–Kier alpha value is -1.29. The zero-order valence-corrected chi connectivity index (χ0v) is 10.8. The summed E-state index contributed by atoms with van der Waals surface area (Å²) in [7, 11) is 3.82. The molecule has 0 radical (unpaired) electrons. The van der Waals surface area contributed by atoms with E-state index in [0.717, 1.165) is 15.6 Å². The fraction of sp³-hybridized carbons (Fsp3) is 0.250. The van der Waals surface area contributed by atoms with Crippen molar-refractivity contribution in [2.45, 2.75) is 6.54 Å². The molecule has 1 heterocycles. The summed E-state index contributed by atoms with van der Waals surface area (Å²) in [6.45, 7) is 0.603. The van der Waals surface area contributed by atoms with Gasteiger partial charge in [-0.15, -0.1) is 0 Å². The Bertz CT molecular complexity index is 466. The van der Waals surface area contributed by atoms with Crippen molar-refractivity contribution in [3.8, 4) is 0 Å². The number of nitrogens with one attached hydrogen (secondary N) is 1. The Morgan fingerprint density at radius 3 is 2.88 bits per heavy atom. The van der Waals surface area contributed by atoms with Crippen molar-refractivity contribution in [3.05, 3.63) is 40.0 Å². The van der Waals surface area contributed by atoms with Gasteiger partial charge in [-0.2, -0.15) is 0 Å². The van der Waals surface area contributed by atoms with E-state index in [0.29, 0.717) is 12.1 Å². The van der Waals surface area contributed by atoms with Crippen LogP contribution in [0.2, 0.25) is 0 Å². The van der Waals surface area contributed by atoms with Crippen LogP contribution in [0.15, 0.2) is 28.9 Å². The van der Waals surface area contributed by atoms with Crippen molar-refractivity contribution in [1.29, 1.82) is 0 Å². The summed E-state index contributed by atoms with van der Waals surface area (Å²) >= 11 is 3.43. The predicted molar refractivity (Wildman–Crippen MR) is 67.7 cm³/mol. The van der Waals surface area contributed by atoms with E-state index in [2.05, 4.69) is 21.2 Å². The number of fused-ring (bicyclic) bond motifs is 1. The molecule has 0 bridgehead atoms. The molecule has 16 heavy (non-hydrogen) atoms. The topological polar surface area (TPSA) is 32.3 Å². The average molecular weight is 281 g/mol. The molecule has 1 aromatic carbocycles. The SMILES string of the molecule is CN(C)C=C1C(=O)NCc2ccc(Br)cc21. The van der Waals surface area contributed by atoms with Crippen LogP contribution in [0.5, 0.6) is 0 Å². The number of hydrogen-bond donors (Lipinski definition) is 1. The standard InChI is InChI=1S/C12H13BrN2O/c1-15(2)7-11-10-5-9(13)4-3-8(10)6-14-12(11)16/h3-5,7H,6H2,1-2H3,(H,14,16). The Labute approximate surface area is 103 Å². The molecule has 0 aromatic heterocycles. The summed E-state index contributed by atoms with van der Waals surface area (Å²) in [6.07, 6.45) is 1.85. The van der Waals surface area contributed by atoms with Gasteiger partial charge in [-0.05, 0) is 23.3 Å². The van der Waals surface area contributed by atoms with E-state index < -0.39 is 0 Å². The molecule has 1 aliphatic rings. The molecule has 1 aliphatic heterocycles. The van der Waals surface area contributed by atoms with Gasteiger partial charge in [0.2, 0.25) is 0 Å². The van der Waals surface area contributed by atoms with Crippen molar-refractivity contribution in [2.24, 2.45) is 0 Å². The molecule has 1 N–H and O–H groups in total. The van der Waals surface area contributed by atoms with Crippen molar-refractivity contribution in [1.82, 2.24) is 10.2 Å². The molecule has 84 valence electrons. The van der Waals surface area contributed by atoms with Gasteiger partial charge in [0.1, 0.15) is 0 Å². The number of carbonyl (C=O) groups is 1. The third-order valence-corrected chi connectivity index (χ3v) is 2.93. The number of carbonyl (C=O) groups excluding carboxylic acids is 1. The highest BCUT2D eigenvalue weighted by atomic mass is 79.9. The van der Waals surface area contributed by atoms with Gasteiger partial charge in [0, 0.05) is 31.3 Å². The van der Waals surface area contributed by atoms with Crippen molar-refractivity contribution < 1.29 is 4.79 Å². The van der Waals surface area contributed by atoms with E-state index in [1.54, 1.807) is 0 Å². The number of benzene rings is 1. The molecule has 0 fully saturated rings. The van der Waals surface area contributed by atoms with Gasteiger partial charge in [0.15, 0.2) is 0 Å². The zero-order chi connectivity index (χ0) is 11.7. The molecule has 1 amide bonds. The molecule has 4 heteroatoms. The first-order valence-corrected chi connectivity index (χ1v) is 5.82. The minimum atomic E-state index is -0.0145. The van der Waals surface area contributed by atoms with E-state index in [1.165, 1.54) is 0 Å². The minimum Gasteiger partial charge on any atom is -0.383 e. The van der Waals surface area contributed by atoms with Crippen LogP contribution < -0.4 is 5.32 Å². The average Bonchev–Trinajstić information content (AvgIpc) is 2.22. The summed E-state index contributed by atoms with van der Waals surface area (Å²) in [5, 5.41) is 2.86. The van der Waals surface area contributed by atoms with E-state index in [-0.39, 0.29) is 5.91 Å². The molecule has 0 spiro atoms. The molecule has 0 atom stereocenters. The fourth-order valence-electron chi connectivity index (χ4n) is 1.73. The van der Waals surface area contributed by atoms with Gasteiger partial charge in [-0.1, -0.05) is 22.0 Å². The van der Waals surface area contributed by atoms with Crippen LogP contribution in [0.4, 0.5) is 0 Å². The van der Waals surface area contributed by atoms with Crippen LogP contribution in [-0.4, -0.2) is 24.9 Å². The van der Waals surface area contributed by atoms with E-state index in [1.807, 2.05) is 43.4 Å². The van der Waals surface area contributed by atoms with Crippen molar-refractivity contribution >= 4 is 27.4 Å². The minimum absolute atomic E-state index is 0.0145. The summed E-state index contributed by atoms with van der Waals surface area (Å²) in [5.74, 6) is -0.0145. The van der Waals surface area contributed by atoms with Gasteiger partial charge in [-0.3, -0.25) is 4.79 Å². The van der Waals surface area contributed by atoms with Crippen LogP contribution in [0, 0.1) is 0 Å². The zero-order valence-electron chi connectivity index (χ0n) is 9.25. The number of amides is 1. The molecule has 3 nitrogen and oxygen atoms in total. The molecule has 1 aromatic rings. The molecule has 2 rings (SSSR count). The smallest absolute Gasteiger partial charge is 0.253 e. The van der Waals surface area contributed by atoms with E-state index in [4.69, 9.17) is 0 Å². The Morgan fingerprint density at radius 1 is 1.44 bits per heavy atom. The fourth-order valence-corrected chi connectivity index (χ4v) is 2.09. The van der Waals surface area contributed by atoms with Crippen LogP contribution in [0.3, 0.4) is 0 Å². The normalized spacial score (nSPS) is 16.9. The monoisotopic (exact) mass is 280 g/mol. The van der Waals surface area contributed by atoms with Crippen LogP contribution >= 0.6 is 15.9 Å². The number of hydrogen-bond acceptors (Lipinski definition) is 2. The van der Waals surface area contributed by atoms with E-state index in [9.17, 15) is 4.79 Å². The predicted octanol–water partition coefficient (Wildman–Crippen LogP) is 1.98. The first kappa shape index (κ1) is 11.2. The van der Waals surface area contributed by atoms with Gasteiger partial charge in [-0.25, -0.2) is 0 Å². The summed E-state index contributed by atoms with van der Waals surface area (Å²) in [4.78, 5) is 13.7. The third-order valence-electron chi connectivity index (χ3n) is 2.43. The highest BCUT2D eigenvalue weighted by Crippen LogP contribution is 2.27. The van der Waals surface area contributed by atoms with Gasteiger partial charge >= 0.3 is 0 Å². The lowest BCUT2D eigenvalue weighted by atomic mass is 9.96. The molecule has 0 aliphatic carbocycles. The molecule has 0 saturated heterocycles. The van der Waals surface area contributed by atoms with Crippen molar-refractivity contribution in [2.75, 3.05) is 14.1 Å². The Kier molecular flexibility index (Phi) is 3.01. The maximum absolute atomic E-state index is 11.8. The molecule has 0 saturated carbocycles. The maximum atomic E-state index is 11.8. The number of halogens is 1. The van der Waals surface area contributed by atoms with Gasteiger partial charge in [0.05, 0.1) is 5.57 Å². The maximum Gasteiger partial charge on any atom is 0.253 e. The summed E-state index contributed by atoms with van der Waals surface area (Å²) in [5.41, 5.74) is 2.87. The van der Waals surface area contributed by atoms with Crippen LogP contribution in [-0.2, 0) is 11.3 Å². The van der Waals surface area contributed by atoms with Crippen molar-refractivity contribution in [3.63, 3.8) is 0 Å². The van der Waals surface area contributed by atoms with Crippen LogP contribution in [0.1, 0.15) is 11.1 Å². The first-order valence-electron chi connectivity index (χ1n) is 5.03. The second-order valence-corrected chi connectivity index (χ2v) is 4.91. The Balaban J connectivity index is 2.55. The summed E-state index contributed by atoms with van der Waals surface area (Å²) in [6, 6.07) is 6.01. The van der Waals surface area contributed by atoms with Crippen LogP contribution in [0.25, 0.3) is 5.57 Å². The largest absolute Gasteiger partial charge is 0.383 e. The van der Waals surface area contributed by atoms with E-state index >= 15 is 0 Å². The second-order valence-electron chi connectivity index (χ2n) is 3.99. The quantitative estimate of drug-likeness (QED) is 0.798. The Morgan fingerprint density at radius 2 is 2.19 bits per heavy atom. The number of rotatable bonds is 1.